The van der Waals surface area contributed by atoms with Gasteiger partial charge in [0.15, 0.2) is 0 Å². The highest BCUT2D eigenvalue weighted by Gasteiger charge is 2.34. The van der Waals surface area contributed by atoms with Crippen molar-refractivity contribution in [1.82, 2.24) is 0 Å². The van der Waals surface area contributed by atoms with E-state index in [0.717, 1.165) is 11.1 Å². The maximum atomic E-state index is 11.9. The molecule has 1 saturated heterocycles. The molecule has 0 spiro atoms. The van der Waals surface area contributed by atoms with Gasteiger partial charge < -0.3 is 10.0 Å². The highest BCUT2D eigenvalue weighted by atomic mass is 16.6. The minimum absolute atomic E-state index is 0.0601. The number of aliphatic hydroxyl groups is 1. The smallest absolute Gasteiger partial charge is 0.293 e. The number of nitro groups is 1. The lowest BCUT2D eigenvalue weighted by molar-refractivity contribution is -0.384. The second-order valence-electron chi connectivity index (χ2n) is 4.94. The Bertz CT molecular complexity index is 542. The summed E-state index contributed by atoms with van der Waals surface area (Å²) in [6, 6.07) is 3.16. The number of hydrogen-bond donors (Lipinski definition) is 1. The lowest BCUT2D eigenvalue weighted by Crippen LogP contribution is -2.26. The predicted molar refractivity (Wildman–Crippen MR) is 70.1 cm³/mol. The van der Waals surface area contributed by atoms with Gasteiger partial charge in [-0.15, -0.1) is 0 Å². The first-order valence-corrected chi connectivity index (χ1v) is 6.11. The largest absolute Gasteiger partial charge is 0.396 e. The molecule has 1 N–H and O–H groups in total. The third-order valence-electron chi connectivity index (χ3n) is 3.54. The van der Waals surface area contributed by atoms with Gasteiger partial charge in [0, 0.05) is 31.6 Å². The molecule has 1 fully saturated rings. The second kappa shape index (κ2) is 4.97. The van der Waals surface area contributed by atoms with Gasteiger partial charge in [0.25, 0.3) is 5.69 Å². The molecule has 19 heavy (non-hydrogen) atoms. The van der Waals surface area contributed by atoms with Crippen LogP contribution in [0.3, 0.4) is 0 Å². The monoisotopic (exact) mass is 264 g/mol. The molecular formula is C13H16N2O4. The first-order chi connectivity index (χ1) is 8.93. The standard InChI is InChI=1S/C13H16N2O4/c1-8-3-11(12(15(18)19)4-9(8)2)14-6-10(7-16)5-13(14)17/h3-4,10,16H,5-7H2,1-2H3. The molecule has 0 aromatic heterocycles. The van der Waals surface area contributed by atoms with Crippen LogP contribution >= 0.6 is 0 Å². The normalized spacial score (nSPS) is 19.0. The third kappa shape index (κ3) is 2.44. The van der Waals surface area contributed by atoms with Crippen LogP contribution in [0.15, 0.2) is 12.1 Å². The number of nitro benzene ring substituents is 1. The van der Waals surface area contributed by atoms with E-state index >= 15 is 0 Å². The molecule has 2 rings (SSSR count). The molecule has 0 aliphatic carbocycles. The van der Waals surface area contributed by atoms with Crippen molar-refractivity contribution in [1.29, 1.82) is 0 Å². The van der Waals surface area contributed by atoms with Crippen LogP contribution in [0.1, 0.15) is 17.5 Å². The van der Waals surface area contributed by atoms with Crippen molar-refractivity contribution < 1.29 is 14.8 Å². The maximum Gasteiger partial charge on any atom is 0.293 e. The number of hydrogen-bond acceptors (Lipinski definition) is 4. The molecule has 1 atom stereocenters. The Kier molecular flexibility index (Phi) is 3.53. The van der Waals surface area contributed by atoms with Crippen LogP contribution in [-0.4, -0.2) is 29.1 Å². The summed E-state index contributed by atoms with van der Waals surface area (Å²) in [6.45, 7) is 3.90. The molecule has 1 amide bonds. The van der Waals surface area contributed by atoms with Gasteiger partial charge >= 0.3 is 0 Å². The van der Waals surface area contributed by atoms with Crippen molar-refractivity contribution in [3.63, 3.8) is 0 Å². The Hall–Kier alpha value is -1.95. The van der Waals surface area contributed by atoms with Gasteiger partial charge in [0.05, 0.1) is 4.92 Å². The summed E-state index contributed by atoms with van der Waals surface area (Å²) >= 11 is 0. The van der Waals surface area contributed by atoms with Crippen LogP contribution < -0.4 is 4.90 Å². The van der Waals surface area contributed by atoms with Crippen LogP contribution in [0, 0.1) is 29.9 Å². The van der Waals surface area contributed by atoms with E-state index in [4.69, 9.17) is 5.11 Å². The second-order valence-corrected chi connectivity index (χ2v) is 4.94. The Morgan fingerprint density at radius 2 is 2.05 bits per heavy atom. The fraction of sp³-hybridized carbons (Fsp3) is 0.462. The zero-order chi connectivity index (χ0) is 14.2. The topological polar surface area (TPSA) is 83.7 Å². The molecule has 1 heterocycles. The van der Waals surface area contributed by atoms with E-state index in [1.807, 2.05) is 6.92 Å². The Morgan fingerprint density at radius 3 is 2.58 bits per heavy atom. The van der Waals surface area contributed by atoms with E-state index in [-0.39, 0.29) is 30.5 Å². The first kappa shape index (κ1) is 13.5. The zero-order valence-electron chi connectivity index (χ0n) is 10.9. The van der Waals surface area contributed by atoms with Gasteiger partial charge in [-0.3, -0.25) is 14.9 Å². The molecule has 0 saturated carbocycles. The maximum absolute atomic E-state index is 11.9. The van der Waals surface area contributed by atoms with Gasteiger partial charge in [-0.1, -0.05) is 0 Å². The number of nitrogens with zero attached hydrogens (tertiary/aromatic N) is 2. The summed E-state index contributed by atoms with van der Waals surface area (Å²) < 4.78 is 0. The average Bonchev–Trinajstić information content (AvgIpc) is 2.73. The zero-order valence-corrected chi connectivity index (χ0v) is 10.9. The van der Waals surface area contributed by atoms with Crippen LogP contribution in [0.4, 0.5) is 11.4 Å². The molecule has 0 radical (unpaired) electrons. The van der Waals surface area contributed by atoms with Crippen LogP contribution in [0.2, 0.25) is 0 Å². The molecule has 1 aliphatic rings. The Balaban J connectivity index is 2.47. The van der Waals surface area contributed by atoms with Crippen molar-refractivity contribution in [2.45, 2.75) is 20.3 Å². The number of aryl methyl sites for hydroxylation is 2. The molecule has 0 bridgehead atoms. The van der Waals surface area contributed by atoms with Crippen LogP contribution in [-0.2, 0) is 4.79 Å². The molecule has 102 valence electrons. The van der Waals surface area contributed by atoms with Crippen LogP contribution in [0.25, 0.3) is 0 Å². The van der Waals surface area contributed by atoms with E-state index in [0.29, 0.717) is 12.2 Å². The summed E-state index contributed by atoms with van der Waals surface area (Å²) in [4.78, 5) is 24.0. The lowest BCUT2D eigenvalue weighted by Gasteiger charge is -2.17. The lowest BCUT2D eigenvalue weighted by atomic mass is 10.1. The highest BCUT2D eigenvalue weighted by molar-refractivity contribution is 5.98. The number of rotatable bonds is 3. The number of carbonyl (C=O) groups is 1. The van der Waals surface area contributed by atoms with E-state index in [1.165, 1.54) is 11.0 Å². The van der Waals surface area contributed by atoms with E-state index in [2.05, 4.69) is 0 Å². The number of benzene rings is 1. The van der Waals surface area contributed by atoms with Crippen molar-refractivity contribution in [2.24, 2.45) is 5.92 Å². The SMILES string of the molecule is Cc1cc(N2CC(CO)CC2=O)c([N+](=O)[O-])cc1C. The Labute approximate surface area is 110 Å². The number of aliphatic hydroxyl groups excluding tert-OH is 1. The number of carbonyl (C=O) groups excluding carboxylic acids is 1. The van der Waals surface area contributed by atoms with Crippen molar-refractivity contribution >= 4 is 17.3 Å². The first-order valence-electron chi connectivity index (χ1n) is 6.11. The van der Waals surface area contributed by atoms with E-state index in [9.17, 15) is 14.9 Å². The van der Waals surface area contributed by atoms with Gasteiger partial charge in [0.1, 0.15) is 5.69 Å². The van der Waals surface area contributed by atoms with Gasteiger partial charge in [-0.25, -0.2) is 0 Å². The fourth-order valence-corrected chi connectivity index (χ4v) is 2.28. The van der Waals surface area contributed by atoms with Crippen molar-refractivity contribution in [3.05, 3.63) is 33.4 Å². The van der Waals surface area contributed by atoms with Crippen LogP contribution in [0.5, 0.6) is 0 Å². The Morgan fingerprint density at radius 1 is 1.42 bits per heavy atom. The molecular weight excluding hydrogens is 248 g/mol. The molecule has 1 unspecified atom stereocenters. The predicted octanol–water partition coefficient (Wildman–Crippen LogP) is 1.56. The van der Waals surface area contributed by atoms with Crippen molar-refractivity contribution in [3.8, 4) is 0 Å². The summed E-state index contributed by atoms with van der Waals surface area (Å²) in [5, 5.41) is 20.2. The summed E-state index contributed by atoms with van der Waals surface area (Å²) in [6.07, 6.45) is 0.237. The number of amides is 1. The average molecular weight is 264 g/mol. The third-order valence-corrected chi connectivity index (χ3v) is 3.54. The van der Waals surface area contributed by atoms with Gasteiger partial charge in [0.2, 0.25) is 5.91 Å². The fourth-order valence-electron chi connectivity index (χ4n) is 2.28. The summed E-state index contributed by atoms with van der Waals surface area (Å²) in [5.74, 6) is -0.320. The number of anilines is 1. The molecule has 1 aliphatic heterocycles. The van der Waals surface area contributed by atoms with Crippen molar-refractivity contribution in [2.75, 3.05) is 18.1 Å². The summed E-state index contributed by atoms with van der Waals surface area (Å²) in [7, 11) is 0. The molecule has 1 aromatic carbocycles. The van der Waals surface area contributed by atoms with E-state index in [1.54, 1.807) is 13.0 Å². The highest BCUT2D eigenvalue weighted by Crippen LogP contribution is 2.34. The minimum atomic E-state index is -0.471. The van der Waals surface area contributed by atoms with Gasteiger partial charge in [-0.2, -0.15) is 0 Å². The molecule has 6 heteroatoms. The molecule has 6 nitrogen and oxygen atoms in total. The van der Waals surface area contributed by atoms with Gasteiger partial charge in [-0.05, 0) is 31.0 Å². The minimum Gasteiger partial charge on any atom is -0.396 e. The summed E-state index contributed by atoms with van der Waals surface area (Å²) in [5.41, 5.74) is 1.99. The quantitative estimate of drug-likeness (QED) is 0.663. The van der Waals surface area contributed by atoms with E-state index < -0.39 is 4.92 Å². The molecule has 1 aromatic rings.